The first kappa shape index (κ1) is 16.6. The second-order valence-electron chi connectivity index (χ2n) is 4.70. The molecule has 20 heavy (non-hydrogen) atoms. The van der Waals surface area contributed by atoms with Crippen molar-refractivity contribution in [3.8, 4) is 0 Å². The maximum Gasteiger partial charge on any atom is 0.245 e. The number of likely N-dealkylation sites (N-methyl/N-ethyl adjacent to an activating group) is 1. The summed E-state index contributed by atoms with van der Waals surface area (Å²) >= 11 is 0. The lowest BCUT2D eigenvalue weighted by Crippen LogP contribution is -2.44. The summed E-state index contributed by atoms with van der Waals surface area (Å²) in [6, 6.07) is 0. The molecule has 0 saturated carbocycles. The third-order valence-electron chi connectivity index (χ3n) is 3.41. The number of hydrogen-bond acceptors (Lipinski definition) is 4. The van der Waals surface area contributed by atoms with Crippen molar-refractivity contribution in [2.24, 2.45) is 0 Å². The van der Waals surface area contributed by atoms with Gasteiger partial charge in [-0.2, -0.15) is 0 Å². The molecule has 0 aromatic heterocycles. The quantitative estimate of drug-likeness (QED) is 0.522. The molecular formula is C13H21FN2O4. The van der Waals surface area contributed by atoms with Gasteiger partial charge in [-0.25, -0.2) is 4.39 Å². The van der Waals surface area contributed by atoms with Gasteiger partial charge in [0.15, 0.2) is 11.9 Å². The molecule has 2 amide bonds. The number of alkyl halides is 1. The molecule has 0 aromatic carbocycles. The van der Waals surface area contributed by atoms with Gasteiger partial charge in [-0.3, -0.25) is 14.5 Å². The Morgan fingerprint density at radius 2 is 2.35 bits per heavy atom. The Hall–Kier alpha value is -1.47. The number of aliphatic hydroxyl groups excluding tert-OH is 1. The molecule has 2 unspecified atom stereocenters. The van der Waals surface area contributed by atoms with E-state index < -0.39 is 23.9 Å². The molecule has 114 valence electrons. The molecular weight excluding hydrogens is 267 g/mol. The number of carbonyl (C=O) groups excluding carboxylic acids is 2. The highest BCUT2D eigenvalue weighted by atomic mass is 19.1. The van der Waals surface area contributed by atoms with Crippen LogP contribution in [0.15, 0.2) is 12.3 Å². The van der Waals surface area contributed by atoms with Gasteiger partial charge < -0.3 is 15.2 Å². The molecule has 1 heterocycles. The van der Waals surface area contributed by atoms with E-state index in [1.54, 1.807) is 6.92 Å². The number of ether oxygens (including phenoxy) is 1. The van der Waals surface area contributed by atoms with E-state index in [2.05, 4.69) is 5.32 Å². The van der Waals surface area contributed by atoms with Crippen LogP contribution in [0.4, 0.5) is 4.39 Å². The molecule has 7 heteroatoms. The fourth-order valence-electron chi connectivity index (χ4n) is 2.21. The lowest BCUT2D eigenvalue weighted by molar-refractivity contribution is -0.135. The molecule has 0 spiro atoms. The van der Waals surface area contributed by atoms with Gasteiger partial charge in [0, 0.05) is 32.4 Å². The van der Waals surface area contributed by atoms with Gasteiger partial charge in [0.1, 0.15) is 0 Å². The van der Waals surface area contributed by atoms with Crippen LogP contribution >= 0.6 is 0 Å². The molecule has 0 aliphatic carbocycles. The van der Waals surface area contributed by atoms with E-state index in [1.807, 2.05) is 0 Å². The summed E-state index contributed by atoms with van der Waals surface area (Å²) in [4.78, 5) is 23.3. The maximum atomic E-state index is 14.8. The first-order valence-electron chi connectivity index (χ1n) is 6.58. The first-order valence-corrected chi connectivity index (χ1v) is 6.58. The SMILES string of the molecule is CC[C@@]1(F)CC(CCO)OC1N(C=O)/C=C\C(=O)NC. The molecule has 1 aliphatic heterocycles. The number of rotatable bonds is 7. The predicted molar refractivity (Wildman–Crippen MR) is 70.2 cm³/mol. The minimum absolute atomic E-state index is 0.105. The van der Waals surface area contributed by atoms with E-state index in [1.165, 1.54) is 13.2 Å². The molecule has 2 N–H and O–H groups in total. The van der Waals surface area contributed by atoms with Crippen LogP contribution in [0.1, 0.15) is 26.2 Å². The van der Waals surface area contributed by atoms with Gasteiger partial charge in [-0.1, -0.05) is 6.92 Å². The van der Waals surface area contributed by atoms with E-state index in [-0.39, 0.29) is 19.4 Å². The summed E-state index contributed by atoms with van der Waals surface area (Å²) in [6.07, 6.45) is 1.84. The zero-order chi connectivity index (χ0) is 15.2. The van der Waals surface area contributed by atoms with Gasteiger partial charge in [-0.15, -0.1) is 0 Å². The molecule has 1 rings (SSSR count). The lowest BCUT2D eigenvalue weighted by atomic mass is 9.95. The topological polar surface area (TPSA) is 78.9 Å². The van der Waals surface area contributed by atoms with Crippen LogP contribution in [0.3, 0.4) is 0 Å². The van der Waals surface area contributed by atoms with E-state index in [9.17, 15) is 14.0 Å². The normalized spacial score (nSPS) is 29.6. The van der Waals surface area contributed by atoms with Gasteiger partial charge in [0.05, 0.1) is 6.10 Å². The highest BCUT2D eigenvalue weighted by Crippen LogP contribution is 2.39. The largest absolute Gasteiger partial charge is 0.396 e. The lowest BCUT2D eigenvalue weighted by Gasteiger charge is -2.30. The van der Waals surface area contributed by atoms with Gasteiger partial charge in [-0.05, 0) is 12.8 Å². The van der Waals surface area contributed by atoms with Crippen LogP contribution < -0.4 is 5.32 Å². The number of nitrogens with one attached hydrogen (secondary N) is 1. The summed E-state index contributed by atoms with van der Waals surface area (Å²) in [5.74, 6) is -0.400. The zero-order valence-electron chi connectivity index (χ0n) is 11.7. The number of halogens is 1. The Balaban J connectivity index is 2.86. The number of hydrogen-bond donors (Lipinski definition) is 2. The van der Waals surface area contributed by atoms with Crippen molar-refractivity contribution in [2.75, 3.05) is 13.7 Å². The minimum atomic E-state index is -1.69. The maximum absolute atomic E-state index is 14.8. The van der Waals surface area contributed by atoms with Crippen LogP contribution in [0.2, 0.25) is 0 Å². The Morgan fingerprint density at radius 1 is 1.65 bits per heavy atom. The van der Waals surface area contributed by atoms with Gasteiger partial charge in [0.2, 0.25) is 12.3 Å². The van der Waals surface area contributed by atoms with Gasteiger partial charge >= 0.3 is 0 Å². The summed E-state index contributed by atoms with van der Waals surface area (Å²) in [5, 5.41) is 11.3. The summed E-state index contributed by atoms with van der Waals surface area (Å²) in [5.41, 5.74) is -1.69. The van der Waals surface area contributed by atoms with Crippen molar-refractivity contribution < 1.29 is 23.8 Å². The number of amides is 2. The highest BCUT2D eigenvalue weighted by Gasteiger charge is 2.50. The average Bonchev–Trinajstić information content (AvgIpc) is 2.77. The first-order chi connectivity index (χ1) is 9.50. The van der Waals surface area contributed by atoms with Crippen LogP contribution in [0.25, 0.3) is 0 Å². The summed E-state index contributed by atoms with van der Waals surface area (Å²) in [7, 11) is 1.45. The van der Waals surface area contributed by atoms with Crippen LogP contribution in [-0.4, -0.2) is 54.0 Å². The molecule has 1 fully saturated rings. The van der Waals surface area contributed by atoms with Crippen LogP contribution in [0.5, 0.6) is 0 Å². The van der Waals surface area contributed by atoms with Crippen molar-refractivity contribution in [3.05, 3.63) is 12.3 Å². The Morgan fingerprint density at radius 3 is 2.85 bits per heavy atom. The van der Waals surface area contributed by atoms with E-state index >= 15 is 0 Å². The smallest absolute Gasteiger partial charge is 0.245 e. The van der Waals surface area contributed by atoms with Crippen molar-refractivity contribution >= 4 is 12.3 Å². The molecule has 0 radical (unpaired) electrons. The van der Waals surface area contributed by atoms with E-state index in [4.69, 9.17) is 9.84 Å². The minimum Gasteiger partial charge on any atom is -0.396 e. The molecule has 1 saturated heterocycles. The van der Waals surface area contributed by atoms with Crippen molar-refractivity contribution in [2.45, 2.75) is 44.2 Å². The van der Waals surface area contributed by atoms with Crippen molar-refractivity contribution in [1.82, 2.24) is 10.2 Å². The molecule has 6 nitrogen and oxygen atoms in total. The third kappa shape index (κ3) is 3.77. The number of carbonyl (C=O) groups is 2. The van der Waals surface area contributed by atoms with Crippen LogP contribution in [0, 0.1) is 0 Å². The van der Waals surface area contributed by atoms with Crippen molar-refractivity contribution in [3.63, 3.8) is 0 Å². The fraction of sp³-hybridized carbons (Fsp3) is 0.692. The second-order valence-corrected chi connectivity index (χ2v) is 4.70. The standard InChI is InChI=1S/C13H21FN2O4/c1-3-13(14)8-10(5-7-17)20-12(13)16(9-18)6-4-11(19)15-2/h4,6,9-10,12,17H,3,5,7-8H2,1-2H3,(H,15,19)/b6-4-/t10?,12?,13-/m1/s1. The average molecular weight is 288 g/mol. The summed E-state index contributed by atoms with van der Waals surface area (Å²) in [6.45, 7) is 1.56. The number of nitrogens with zero attached hydrogens (tertiary/aromatic N) is 1. The second kappa shape index (κ2) is 7.35. The van der Waals surface area contributed by atoms with Gasteiger partial charge in [0.25, 0.3) is 0 Å². The number of aliphatic hydroxyl groups is 1. The Bertz CT molecular complexity index is 377. The predicted octanol–water partition coefficient (Wildman–Crippen LogP) is 0.320. The monoisotopic (exact) mass is 288 g/mol. The zero-order valence-corrected chi connectivity index (χ0v) is 11.7. The molecule has 0 aromatic rings. The molecule has 1 aliphatic rings. The van der Waals surface area contributed by atoms with Crippen molar-refractivity contribution in [1.29, 1.82) is 0 Å². The fourth-order valence-corrected chi connectivity index (χ4v) is 2.21. The third-order valence-corrected chi connectivity index (χ3v) is 3.41. The van der Waals surface area contributed by atoms with Crippen LogP contribution in [-0.2, 0) is 14.3 Å². The highest BCUT2D eigenvalue weighted by molar-refractivity contribution is 5.87. The van der Waals surface area contributed by atoms with E-state index in [0.29, 0.717) is 12.8 Å². The molecule has 3 atom stereocenters. The Labute approximate surface area is 117 Å². The molecule has 0 bridgehead atoms. The Kier molecular flexibility index (Phi) is 6.09. The summed E-state index contributed by atoms with van der Waals surface area (Å²) < 4.78 is 20.3. The van der Waals surface area contributed by atoms with E-state index in [0.717, 1.165) is 11.0 Å².